The molecule has 7 heteroatoms. The van der Waals surface area contributed by atoms with E-state index in [2.05, 4.69) is 15.5 Å². The Hall–Kier alpha value is -3.48. The normalized spacial score (nSPS) is 11.1. The second-order valence-electron chi connectivity index (χ2n) is 6.94. The fourth-order valence-corrected chi connectivity index (χ4v) is 3.35. The maximum Gasteiger partial charge on any atom is 0.252 e. The minimum absolute atomic E-state index is 0.128. The predicted octanol–water partition coefficient (Wildman–Crippen LogP) is 3.57. The number of aryl methyl sites for hydroxylation is 3. The molecule has 1 aromatic carbocycles. The van der Waals surface area contributed by atoms with Crippen molar-refractivity contribution in [3.63, 3.8) is 0 Å². The van der Waals surface area contributed by atoms with Crippen molar-refractivity contribution >= 4 is 16.8 Å². The molecule has 1 N–H and O–H groups in total. The minimum Gasteiger partial charge on any atom is -0.348 e. The SMILES string of the molecule is CCn1cc(-c2cc(C(=O)NCc3cn(CC)nc3C)c3ccccc3n2)cn1. The molecule has 7 nitrogen and oxygen atoms in total. The highest BCUT2D eigenvalue weighted by molar-refractivity contribution is 6.07. The zero-order valence-electron chi connectivity index (χ0n) is 16.9. The van der Waals surface area contributed by atoms with Crippen molar-refractivity contribution in [1.82, 2.24) is 29.9 Å². The van der Waals surface area contributed by atoms with E-state index in [1.807, 2.05) is 72.9 Å². The summed E-state index contributed by atoms with van der Waals surface area (Å²) in [7, 11) is 0. The summed E-state index contributed by atoms with van der Waals surface area (Å²) in [6.07, 6.45) is 5.71. The van der Waals surface area contributed by atoms with Crippen molar-refractivity contribution in [3.05, 3.63) is 65.7 Å². The maximum absolute atomic E-state index is 13.1. The van der Waals surface area contributed by atoms with Crippen LogP contribution >= 0.6 is 0 Å². The lowest BCUT2D eigenvalue weighted by molar-refractivity contribution is 0.0952. The molecule has 0 unspecified atom stereocenters. The van der Waals surface area contributed by atoms with Crippen LogP contribution in [0.1, 0.15) is 35.5 Å². The van der Waals surface area contributed by atoms with Gasteiger partial charge in [0.2, 0.25) is 0 Å². The molecule has 0 aliphatic carbocycles. The van der Waals surface area contributed by atoms with E-state index in [0.717, 1.165) is 46.5 Å². The van der Waals surface area contributed by atoms with Crippen LogP contribution in [-0.4, -0.2) is 30.5 Å². The molecule has 29 heavy (non-hydrogen) atoms. The van der Waals surface area contributed by atoms with Crippen molar-refractivity contribution in [2.75, 3.05) is 0 Å². The van der Waals surface area contributed by atoms with Crippen LogP contribution in [0.4, 0.5) is 0 Å². The van der Waals surface area contributed by atoms with Crippen LogP contribution in [0.2, 0.25) is 0 Å². The molecule has 4 aromatic rings. The summed E-state index contributed by atoms with van der Waals surface area (Å²) in [6.45, 7) is 8.06. The molecule has 0 fully saturated rings. The third-order valence-electron chi connectivity index (χ3n) is 5.03. The van der Waals surface area contributed by atoms with Crippen molar-refractivity contribution in [2.45, 2.75) is 40.4 Å². The highest BCUT2D eigenvalue weighted by Crippen LogP contribution is 2.24. The quantitative estimate of drug-likeness (QED) is 0.548. The van der Waals surface area contributed by atoms with E-state index in [9.17, 15) is 4.79 Å². The monoisotopic (exact) mass is 388 g/mol. The number of carbonyl (C=O) groups is 1. The topological polar surface area (TPSA) is 77.6 Å². The zero-order valence-corrected chi connectivity index (χ0v) is 16.9. The maximum atomic E-state index is 13.1. The summed E-state index contributed by atoms with van der Waals surface area (Å²) in [6, 6.07) is 9.55. The Morgan fingerprint density at radius 3 is 2.62 bits per heavy atom. The van der Waals surface area contributed by atoms with Crippen LogP contribution in [0.15, 0.2) is 48.9 Å². The molecule has 1 amide bonds. The van der Waals surface area contributed by atoms with E-state index >= 15 is 0 Å². The number of aromatic nitrogens is 5. The minimum atomic E-state index is -0.128. The lowest BCUT2D eigenvalue weighted by atomic mass is 10.0. The number of para-hydroxylation sites is 1. The molecular formula is C22H24N6O. The second-order valence-corrected chi connectivity index (χ2v) is 6.94. The molecule has 0 bridgehead atoms. The van der Waals surface area contributed by atoms with Crippen LogP contribution in [-0.2, 0) is 19.6 Å². The van der Waals surface area contributed by atoms with E-state index in [-0.39, 0.29) is 5.91 Å². The molecule has 3 heterocycles. The van der Waals surface area contributed by atoms with E-state index in [4.69, 9.17) is 4.98 Å². The van der Waals surface area contributed by atoms with Crippen LogP contribution < -0.4 is 5.32 Å². The Morgan fingerprint density at radius 1 is 1.10 bits per heavy atom. The van der Waals surface area contributed by atoms with Gasteiger partial charge in [0.25, 0.3) is 5.91 Å². The summed E-state index contributed by atoms with van der Waals surface area (Å²) >= 11 is 0. The average molecular weight is 388 g/mol. The second kappa shape index (κ2) is 7.87. The number of hydrogen-bond acceptors (Lipinski definition) is 4. The third kappa shape index (κ3) is 3.76. The van der Waals surface area contributed by atoms with Gasteiger partial charge in [0.1, 0.15) is 0 Å². The average Bonchev–Trinajstić information content (AvgIpc) is 3.37. The first kappa shape index (κ1) is 18.9. The summed E-state index contributed by atoms with van der Waals surface area (Å²) in [5.74, 6) is -0.128. The molecule has 0 saturated carbocycles. The van der Waals surface area contributed by atoms with Crippen LogP contribution in [0.3, 0.4) is 0 Å². The Bertz CT molecular complexity index is 1170. The van der Waals surface area contributed by atoms with E-state index in [1.165, 1.54) is 0 Å². The molecule has 0 aliphatic heterocycles. The van der Waals surface area contributed by atoms with Gasteiger partial charge < -0.3 is 5.32 Å². The molecule has 148 valence electrons. The van der Waals surface area contributed by atoms with Gasteiger partial charge in [-0.1, -0.05) is 18.2 Å². The smallest absolute Gasteiger partial charge is 0.252 e. The molecule has 0 atom stereocenters. The Kier molecular flexibility index (Phi) is 5.12. The summed E-state index contributed by atoms with van der Waals surface area (Å²) in [5.41, 5.74) is 4.97. The molecular weight excluding hydrogens is 364 g/mol. The molecule has 3 aromatic heterocycles. The Labute approximate surface area is 169 Å². The summed E-state index contributed by atoms with van der Waals surface area (Å²) in [4.78, 5) is 17.8. The van der Waals surface area contributed by atoms with Crippen LogP contribution in [0, 0.1) is 6.92 Å². The Morgan fingerprint density at radius 2 is 1.90 bits per heavy atom. The summed E-state index contributed by atoms with van der Waals surface area (Å²) < 4.78 is 3.72. The first-order valence-corrected chi connectivity index (χ1v) is 9.82. The van der Waals surface area contributed by atoms with Gasteiger partial charge in [0, 0.05) is 48.5 Å². The number of nitrogens with one attached hydrogen (secondary N) is 1. The van der Waals surface area contributed by atoms with E-state index in [0.29, 0.717) is 12.1 Å². The highest BCUT2D eigenvalue weighted by atomic mass is 16.1. The molecule has 0 spiro atoms. The lowest BCUT2D eigenvalue weighted by Gasteiger charge is -2.10. The Balaban J connectivity index is 1.67. The van der Waals surface area contributed by atoms with Gasteiger partial charge in [-0.15, -0.1) is 0 Å². The fourth-order valence-electron chi connectivity index (χ4n) is 3.35. The van der Waals surface area contributed by atoms with Gasteiger partial charge >= 0.3 is 0 Å². The molecule has 0 aliphatic rings. The van der Waals surface area contributed by atoms with E-state index < -0.39 is 0 Å². The number of rotatable bonds is 6. The number of hydrogen-bond donors (Lipinski definition) is 1. The largest absolute Gasteiger partial charge is 0.348 e. The van der Waals surface area contributed by atoms with Crippen LogP contribution in [0.5, 0.6) is 0 Å². The molecule has 0 radical (unpaired) electrons. The van der Waals surface area contributed by atoms with Crippen molar-refractivity contribution in [2.24, 2.45) is 0 Å². The lowest BCUT2D eigenvalue weighted by Crippen LogP contribution is -2.23. The summed E-state index contributed by atoms with van der Waals surface area (Å²) in [5, 5.41) is 12.6. The number of amides is 1. The number of carbonyl (C=O) groups excluding carboxylic acids is 1. The number of pyridine rings is 1. The van der Waals surface area contributed by atoms with Gasteiger partial charge in [-0.3, -0.25) is 14.2 Å². The van der Waals surface area contributed by atoms with Gasteiger partial charge in [-0.2, -0.15) is 10.2 Å². The van der Waals surface area contributed by atoms with Crippen molar-refractivity contribution < 1.29 is 4.79 Å². The van der Waals surface area contributed by atoms with Gasteiger partial charge in [-0.25, -0.2) is 4.98 Å². The standard InChI is InChI=1S/C22H24N6O/c1-4-27-14-17(12-24-27)21-10-19(18-8-6-7-9-20(18)25-21)22(29)23-11-16-13-28(5-2)26-15(16)3/h6-10,12-14H,4-5,11H2,1-3H3,(H,23,29). The third-order valence-corrected chi connectivity index (χ3v) is 5.03. The molecule has 4 rings (SSSR count). The highest BCUT2D eigenvalue weighted by Gasteiger charge is 2.15. The fraction of sp³-hybridized carbons (Fsp3) is 0.273. The van der Waals surface area contributed by atoms with Crippen molar-refractivity contribution in [1.29, 1.82) is 0 Å². The first-order chi connectivity index (χ1) is 14.1. The van der Waals surface area contributed by atoms with Crippen molar-refractivity contribution in [3.8, 4) is 11.3 Å². The number of benzene rings is 1. The number of nitrogens with zero attached hydrogens (tertiary/aromatic N) is 5. The number of fused-ring (bicyclic) bond motifs is 1. The first-order valence-electron chi connectivity index (χ1n) is 9.82. The molecule has 0 saturated heterocycles. The predicted molar refractivity (Wildman–Crippen MR) is 112 cm³/mol. The van der Waals surface area contributed by atoms with E-state index in [1.54, 1.807) is 6.20 Å². The van der Waals surface area contributed by atoms with Gasteiger partial charge in [0.15, 0.2) is 0 Å². The zero-order chi connectivity index (χ0) is 20.4. The van der Waals surface area contributed by atoms with Gasteiger partial charge in [0.05, 0.1) is 28.7 Å². The van der Waals surface area contributed by atoms with Gasteiger partial charge in [-0.05, 0) is 32.9 Å². The van der Waals surface area contributed by atoms with Crippen LogP contribution in [0.25, 0.3) is 22.2 Å².